The van der Waals surface area contributed by atoms with Crippen molar-refractivity contribution in [1.82, 2.24) is 10.3 Å². The van der Waals surface area contributed by atoms with Crippen LogP contribution in [0.3, 0.4) is 0 Å². The SMILES string of the molecule is NC(=O)NCCNc1ccc(C(N)=S)cn1. The summed E-state index contributed by atoms with van der Waals surface area (Å²) in [5.74, 6) is 0.686. The first-order valence-corrected chi connectivity index (χ1v) is 5.03. The monoisotopic (exact) mass is 239 g/mol. The summed E-state index contributed by atoms with van der Waals surface area (Å²) in [5, 5.41) is 5.45. The number of urea groups is 1. The van der Waals surface area contributed by atoms with Gasteiger partial charge in [-0.1, -0.05) is 12.2 Å². The fourth-order valence-electron chi connectivity index (χ4n) is 1.02. The molecule has 0 aliphatic heterocycles. The quantitative estimate of drug-likeness (QED) is 0.420. The molecule has 6 N–H and O–H groups in total. The van der Waals surface area contributed by atoms with Crippen molar-refractivity contribution < 1.29 is 4.79 Å². The summed E-state index contributed by atoms with van der Waals surface area (Å²) >= 11 is 4.80. The van der Waals surface area contributed by atoms with Crippen molar-refractivity contribution in [2.24, 2.45) is 11.5 Å². The third kappa shape index (κ3) is 4.09. The molecule has 1 rings (SSSR count). The number of pyridine rings is 1. The average Bonchev–Trinajstić information content (AvgIpc) is 2.25. The first kappa shape index (κ1) is 12.2. The lowest BCUT2D eigenvalue weighted by Crippen LogP contribution is -2.33. The van der Waals surface area contributed by atoms with Gasteiger partial charge in [0.05, 0.1) is 0 Å². The molecular weight excluding hydrogens is 226 g/mol. The molecule has 0 saturated carbocycles. The molecule has 6 nitrogen and oxygen atoms in total. The molecule has 7 heteroatoms. The summed E-state index contributed by atoms with van der Waals surface area (Å²) in [4.78, 5) is 14.8. The molecular formula is C9H13N5OS. The Balaban J connectivity index is 2.38. The number of amides is 2. The molecule has 0 fully saturated rings. The fourth-order valence-corrected chi connectivity index (χ4v) is 1.14. The predicted octanol–water partition coefficient (Wildman–Crippen LogP) is -0.204. The smallest absolute Gasteiger partial charge is 0.312 e. The van der Waals surface area contributed by atoms with Gasteiger partial charge in [0.1, 0.15) is 10.8 Å². The molecule has 0 atom stereocenters. The largest absolute Gasteiger partial charge is 0.389 e. The summed E-state index contributed by atoms with van der Waals surface area (Å²) in [5.41, 5.74) is 11.1. The molecule has 0 radical (unpaired) electrons. The van der Waals surface area contributed by atoms with Crippen LogP contribution in [0.25, 0.3) is 0 Å². The zero-order valence-corrected chi connectivity index (χ0v) is 9.38. The normalized spacial score (nSPS) is 9.50. The number of hydrogen-bond acceptors (Lipinski definition) is 4. The molecule has 16 heavy (non-hydrogen) atoms. The second-order valence-electron chi connectivity index (χ2n) is 3.01. The fraction of sp³-hybridized carbons (Fsp3) is 0.222. The van der Waals surface area contributed by atoms with Gasteiger partial charge in [-0.2, -0.15) is 0 Å². The van der Waals surface area contributed by atoms with E-state index >= 15 is 0 Å². The summed E-state index contributed by atoms with van der Waals surface area (Å²) in [6.45, 7) is 0.983. The van der Waals surface area contributed by atoms with Crippen molar-refractivity contribution in [3.63, 3.8) is 0 Å². The summed E-state index contributed by atoms with van der Waals surface area (Å²) < 4.78 is 0. The van der Waals surface area contributed by atoms with Crippen molar-refractivity contribution in [3.05, 3.63) is 23.9 Å². The van der Waals surface area contributed by atoms with E-state index in [2.05, 4.69) is 15.6 Å². The Morgan fingerprint density at radius 1 is 1.38 bits per heavy atom. The lowest BCUT2D eigenvalue weighted by atomic mass is 10.3. The lowest BCUT2D eigenvalue weighted by molar-refractivity contribution is 0.249. The van der Waals surface area contributed by atoms with Gasteiger partial charge in [0, 0.05) is 24.8 Å². The van der Waals surface area contributed by atoms with Gasteiger partial charge < -0.3 is 22.1 Å². The van der Waals surface area contributed by atoms with Crippen LogP contribution in [0.2, 0.25) is 0 Å². The Morgan fingerprint density at radius 3 is 2.62 bits per heavy atom. The van der Waals surface area contributed by atoms with E-state index in [4.69, 9.17) is 23.7 Å². The molecule has 1 aromatic heterocycles. The highest BCUT2D eigenvalue weighted by Crippen LogP contribution is 2.04. The van der Waals surface area contributed by atoms with Gasteiger partial charge in [-0.3, -0.25) is 0 Å². The lowest BCUT2D eigenvalue weighted by Gasteiger charge is -2.06. The molecule has 86 valence electrons. The number of thiocarbonyl (C=S) groups is 1. The van der Waals surface area contributed by atoms with Gasteiger partial charge in [0.15, 0.2) is 0 Å². The van der Waals surface area contributed by atoms with Gasteiger partial charge in [0.25, 0.3) is 0 Å². The van der Waals surface area contributed by atoms with Crippen LogP contribution in [0.15, 0.2) is 18.3 Å². The number of hydrogen-bond donors (Lipinski definition) is 4. The second-order valence-corrected chi connectivity index (χ2v) is 3.45. The number of rotatable bonds is 5. The van der Waals surface area contributed by atoms with Crippen LogP contribution in [-0.2, 0) is 0 Å². The summed E-state index contributed by atoms with van der Waals surface area (Å²) in [6, 6.07) is 3.00. The molecule has 0 aromatic carbocycles. The molecule has 0 aliphatic carbocycles. The molecule has 0 unspecified atom stereocenters. The van der Waals surface area contributed by atoms with E-state index in [1.165, 1.54) is 0 Å². The van der Waals surface area contributed by atoms with Crippen LogP contribution in [-0.4, -0.2) is 29.1 Å². The van der Waals surface area contributed by atoms with E-state index in [0.29, 0.717) is 23.9 Å². The number of nitrogens with zero attached hydrogens (tertiary/aromatic N) is 1. The molecule has 2 amide bonds. The molecule has 1 heterocycles. The Labute approximate surface area is 98.4 Å². The summed E-state index contributed by atoms with van der Waals surface area (Å²) in [7, 11) is 0. The van der Waals surface area contributed by atoms with Crippen molar-refractivity contribution >= 4 is 29.1 Å². The Hall–Kier alpha value is -1.89. The van der Waals surface area contributed by atoms with Gasteiger partial charge in [-0.15, -0.1) is 0 Å². The van der Waals surface area contributed by atoms with Crippen molar-refractivity contribution in [3.8, 4) is 0 Å². The molecule has 1 aromatic rings. The number of primary amides is 1. The van der Waals surface area contributed by atoms with E-state index < -0.39 is 6.03 Å². The second kappa shape index (κ2) is 5.86. The zero-order valence-electron chi connectivity index (χ0n) is 8.56. The van der Waals surface area contributed by atoms with Crippen LogP contribution in [0.5, 0.6) is 0 Å². The average molecular weight is 239 g/mol. The highest BCUT2D eigenvalue weighted by molar-refractivity contribution is 7.80. The highest BCUT2D eigenvalue weighted by Gasteiger charge is 1.97. The van der Waals surface area contributed by atoms with E-state index in [0.717, 1.165) is 5.56 Å². The van der Waals surface area contributed by atoms with Crippen molar-refractivity contribution in [1.29, 1.82) is 0 Å². The van der Waals surface area contributed by atoms with Crippen LogP contribution in [0, 0.1) is 0 Å². The van der Waals surface area contributed by atoms with Crippen molar-refractivity contribution in [2.45, 2.75) is 0 Å². The maximum Gasteiger partial charge on any atom is 0.312 e. The third-order valence-electron chi connectivity index (χ3n) is 1.78. The maximum absolute atomic E-state index is 10.4. The van der Waals surface area contributed by atoms with Gasteiger partial charge >= 0.3 is 6.03 Å². The van der Waals surface area contributed by atoms with E-state index in [1.807, 2.05) is 0 Å². The minimum absolute atomic E-state index is 0.314. The number of nitrogens with two attached hydrogens (primary N) is 2. The molecule has 0 spiro atoms. The predicted molar refractivity (Wildman–Crippen MR) is 66.2 cm³/mol. The van der Waals surface area contributed by atoms with E-state index in [9.17, 15) is 4.79 Å². The molecule has 0 aliphatic rings. The van der Waals surface area contributed by atoms with Crippen LogP contribution in [0.1, 0.15) is 5.56 Å². The van der Waals surface area contributed by atoms with Crippen LogP contribution in [0.4, 0.5) is 10.6 Å². The maximum atomic E-state index is 10.4. The summed E-state index contributed by atoms with van der Waals surface area (Å²) in [6.07, 6.45) is 1.59. The minimum atomic E-state index is -0.543. The van der Waals surface area contributed by atoms with E-state index in [1.54, 1.807) is 18.3 Å². The number of aromatic nitrogens is 1. The standard InChI is InChI=1S/C9H13N5OS/c10-8(16)6-1-2-7(14-5-6)12-3-4-13-9(11)15/h1-2,5H,3-4H2,(H2,10,16)(H,12,14)(H3,11,13,15). The molecule has 0 saturated heterocycles. The van der Waals surface area contributed by atoms with Gasteiger partial charge in [0.2, 0.25) is 0 Å². The Morgan fingerprint density at radius 2 is 2.12 bits per heavy atom. The topological polar surface area (TPSA) is 106 Å². The van der Waals surface area contributed by atoms with Crippen molar-refractivity contribution in [2.75, 3.05) is 18.4 Å². The number of carbonyl (C=O) groups is 1. The number of nitrogens with one attached hydrogen (secondary N) is 2. The Bertz CT molecular complexity index is 378. The molecule has 0 bridgehead atoms. The van der Waals surface area contributed by atoms with Gasteiger partial charge in [-0.25, -0.2) is 9.78 Å². The minimum Gasteiger partial charge on any atom is -0.389 e. The first-order chi connectivity index (χ1) is 7.59. The zero-order chi connectivity index (χ0) is 12.0. The van der Waals surface area contributed by atoms with Gasteiger partial charge in [-0.05, 0) is 12.1 Å². The van der Waals surface area contributed by atoms with Crippen LogP contribution >= 0.6 is 12.2 Å². The Kier molecular flexibility index (Phi) is 4.46. The van der Waals surface area contributed by atoms with E-state index in [-0.39, 0.29) is 0 Å². The third-order valence-corrected chi connectivity index (χ3v) is 2.01. The highest BCUT2D eigenvalue weighted by atomic mass is 32.1. The first-order valence-electron chi connectivity index (χ1n) is 4.62. The van der Waals surface area contributed by atoms with Crippen LogP contribution < -0.4 is 22.1 Å². The number of carbonyl (C=O) groups excluding carboxylic acids is 1. The number of anilines is 1.